The van der Waals surface area contributed by atoms with E-state index in [1.807, 2.05) is 0 Å². The Morgan fingerprint density at radius 2 is 1.74 bits per heavy atom. The van der Waals surface area contributed by atoms with Crippen LogP contribution in [0.2, 0.25) is 0 Å². The van der Waals surface area contributed by atoms with E-state index in [-0.39, 0.29) is 24.8 Å². The lowest BCUT2D eigenvalue weighted by molar-refractivity contribution is -0.137. The SMILES string of the molecule is CCOC(=O)c1c(C)[nH]c(C(=O)N(C)Cc2ccc(C(F)(F)F)cc2)c1C. The Balaban J connectivity index is 2.18. The first-order valence-corrected chi connectivity index (χ1v) is 8.34. The molecule has 2 aromatic rings. The molecule has 0 fully saturated rings. The second-order valence-electron chi connectivity index (χ2n) is 6.20. The molecule has 0 saturated heterocycles. The van der Waals surface area contributed by atoms with Crippen molar-refractivity contribution in [3.63, 3.8) is 0 Å². The van der Waals surface area contributed by atoms with Crippen LogP contribution >= 0.6 is 0 Å². The Morgan fingerprint density at radius 3 is 2.26 bits per heavy atom. The number of carbonyl (C=O) groups excluding carboxylic acids is 2. The number of benzene rings is 1. The third kappa shape index (κ3) is 4.50. The van der Waals surface area contributed by atoms with Crippen molar-refractivity contribution in [1.82, 2.24) is 9.88 Å². The third-order valence-corrected chi connectivity index (χ3v) is 4.18. The highest BCUT2D eigenvalue weighted by atomic mass is 19.4. The van der Waals surface area contributed by atoms with Crippen molar-refractivity contribution in [2.24, 2.45) is 0 Å². The summed E-state index contributed by atoms with van der Waals surface area (Å²) in [4.78, 5) is 29.0. The minimum absolute atomic E-state index is 0.128. The molecule has 0 unspecified atom stereocenters. The molecule has 0 saturated carbocycles. The van der Waals surface area contributed by atoms with Gasteiger partial charge in [-0.05, 0) is 44.0 Å². The van der Waals surface area contributed by atoms with Crippen LogP contribution in [0.25, 0.3) is 0 Å². The molecule has 8 heteroatoms. The lowest BCUT2D eigenvalue weighted by Crippen LogP contribution is -2.27. The van der Waals surface area contributed by atoms with E-state index >= 15 is 0 Å². The average molecular weight is 382 g/mol. The number of esters is 1. The summed E-state index contributed by atoms with van der Waals surface area (Å²) in [6.07, 6.45) is -4.40. The van der Waals surface area contributed by atoms with Gasteiger partial charge in [-0.1, -0.05) is 12.1 Å². The minimum atomic E-state index is -4.40. The van der Waals surface area contributed by atoms with Crippen LogP contribution in [-0.2, 0) is 17.5 Å². The van der Waals surface area contributed by atoms with E-state index in [0.29, 0.717) is 22.4 Å². The predicted octanol–water partition coefficient (Wildman–Crippen LogP) is 4.10. The fraction of sp³-hybridized carbons (Fsp3) is 0.368. The number of aromatic amines is 1. The number of ether oxygens (including phenoxy) is 1. The molecule has 0 atom stereocenters. The van der Waals surface area contributed by atoms with Gasteiger partial charge in [-0.25, -0.2) is 4.79 Å². The Kier molecular flexibility index (Phi) is 5.98. The zero-order valence-corrected chi connectivity index (χ0v) is 15.5. The van der Waals surface area contributed by atoms with Gasteiger partial charge in [0.15, 0.2) is 0 Å². The molecule has 1 aromatic heterocycles. The summed E-state index contributed by atoms with van der Waals surface area (Å²) in [6, 6.07) is 4.64. The van der Waals surface area contributed by atoms with Gasteiger partial charge >= 0.3 is 12.1 Å². The van der Waals surface area contributed by atoms with Crippen LogP contribution in [0.4, 0.5) is 13.2 Å². The van der Waals surface area contributed by atoms with E-state index in [9.17, 15) is 22.8 Å². The maximum absolute atomic E-state index is 12.7. The van der Waals surface area contributed by atoms with Crippen molar-refractivity contribution in [3.05, 3.63) is 57.9 Å². The van der Waals surface area contributed by atoms with Gasteiger partial charge in [0, 0.05) is 19.3 Å². The highest BCUT2D eigenvalue weighted by Crippen LogP contribution is 2.29. The van der Waals surface area contributed by atoms with Crippen LogP contribution in [0.3, 0.4) is 0 Å². The fourth-order valence-corrected chi connectivity index (χ4v) is 2.81. The van der Waals surface area contributed by atoms with Crippen LogP contribution in [0, 0.1) is 13.8 Å². The number of carbonyl (C=O) groups is 2. The van der Waals surface area contributed by atoms with E-state index in [1.165, 1.54) is 17.0 Å². The largest absolute Gasteiger partial charge is 0.462 e. The highest BCUT2D eigenvalue weighted by molar-refractivity contribution is 6.00. The monoisotopic (exact) mass is 382 g/mol. The number of nitrogens with one attached hydrogen (secondary N) is 1. The van der Waals surface area contributed by atoms with E-state index in [1.54, 1.807) is 27.8 Å². The molecule has 1 aromatic carbocycles. The molecule has 2 rings (SSSR count). The van der Waals surface area contributed by atoms with Crippen LogP contribution in [0.5, 0.6) is 0 Å². The van der Waals surface area contributed by atoms with Crippen molar-refractivity contribution in [1.29, 1.82) is 0 Å². The molecule has 5 nitrogen and oxygen atoms in total. The van der Waals surface area contributed by atoms with Crippen LogP contribution in [0.1, 0.15) is 50.2 Å². The van der Waals surface area contributed by atoms with Gasteiger partial charge in [-0.2, -0.15) is 13.2 Å². The molecule has 1 heterocycles. The van der Waals surface area contributed by atoms with E-state index in [0.717, 1.165) is 12.1 Å². The molecule has 0 aliphatic carbocycles. The molecule has 0 radical (unpaired) electrons. The third-order valence-electron chi connectivity index (χ3n) is 4.18. The van der Waals surface area contributed by atoms with Gasteiger partial charge in [-0.3, -0.25) is 4.79 Å². The van der Waals surface area contributed by atoms with Crippen LogP contribution < -0.4 is 0 Å². The Labute approximate surface area is 155 Å². The van der Waals surface area contributed by atoms with Crippen molar-refractivity contribution < 1.29 is 27.5 Å². The lowest BCUT2D eigenvalue weighted by atomic mass is 10.1. The quantitative estimate of drug-likeness (QED) is 0.792. The maximum atomic E-state index is 12.7. The molecule has 1 amide bonds. The van der Waals surface area contributed by atoms with E-state index in [2.05, 4.69) is 4.98 Å². The summed E-state index contributed by atoms with van der Waals surface area (Å²) in [7, 11) is 1.54. The number of amides is 1. The number of halogens is 3. The van der Waals surface area contributed by atoms with Crippen molar-refractivity contribution in [3.8, 4) is 0 Å². The summed E-state index contributed by atoms with van der Waals surface area (Å²) in [6.45, 7) is 5.36. The normalized spacial score (nSPS) is 11.4. The molecule has 27 heavy (non-hydrogen) atoms. The Hall–Kier alpha value is -2.77. The molecule has 0 aliphatic heterocycles. The molecular weight excluding hydrogens is 361 g/mol. The second kappa shape index (κ2) is 7.85. The van der Waals surface area contributed by atoms with Crippen molar-refractivity contribution >= 4 is 11.9 Å². The van der Waals surface area contributed by atoms with Gasteiger partial charge in [0.2, 0.25) is 0 Å². The summed E-state index contributed by atoms with van der Waals surface area (Å²) in [5.41, 5.74) is 1.40. The number of hydrogen-bond donors (Lipinski definition) is 1. The number of H-pyrrole nitrogens is 1. The minimum Gasteiger partial charge on any atom is -0.462 e. The first-order valence-electron chi connectivity index (χ1n) is 8.34. The molecule has 146 valence electrons. The number of aryl methyl sites for hydroxylation is 1. The maximum Gasteiger partial charge on any atom is 0.416 e. The van der Waals surface area contributed by atoms with Gasteiger partial charge < -0.3 is 14.6 Å². The van der Waals surface area contributed by atoms with E-state index in [4.69, 9.17) is 4.74 Å². The first-order chi connectivity index (χ1) is 12.6. The molecule has 0 spiro atoms. The second-order valence-corrected chi connectivity index (χ2v) is 6.20. The zero-order chi connectivity index (χ0) is 20.4. The molecule has 0 aliphatic rings. The van der Waals surface area contributed by atoms with Gasteiger partial charge in [0.25, 0.3) is 5.91 Å². The average Bonchev–Trinajstić information content (AvgIpc) is 2.88. The lowest BCUT2D eigenvalue weighted by Gasteiger charge is -2.17. The summed E-state index contributed by atoms with van der Waals surface area (Å²) < 4.78 is 42.9. The Morgan fingerprint density at radius 1 is 1.15 bits per heavy atom. The van der Waals surface area contributed by atoms with Gasteiger partial charge in [0.1, 0.15) is 5.69 Å². The summed E-state index contributed by atoms with van der Waals surface area (Å²) in [5, 5.41) is 0. The molecule has 1 N–H and O–H groups in total. The molecule has 0 bridgehead atoms. The summed E-state index contributed by atoms with van der Waals surface area (Å²) in [5.74, 6) is -0.876. The van der Waals surface area contributed by atoms with E-state index < -0.39 is 17.7 Å². The number of alkyl halides is 3. The fourth-order valence-electron chi connectivity index (χ4n) is 2.81. The number of nitrogens with zero attached hydrogens (tertiary/aromatic N) is 1. The molecular formula is C19H21F3N2O3. The highest BCUT2D eigenvalue weighted by Gasteiger charge is 2.30. The van der Waals surface area contributed by atoms with Gasteiger partial charge in [-0.15, -0.1) is 0 Å². The predicted molar refractivity (Wildman–Crippen MR) is 93.5 cm³/mol. The zero-order valence-electron chi connectivity index (χ0n) is 15.5. The number of aromatic nitrogens is 1. The van der Waals surface area contributed by atoms with Crippen LogP contribution in [-0.4, -0.2) is 35.4 Å². The summed E-state index contributed by atoms with van der Waals surface area (Å²) >= 11 is 0. The van der Waals surface area contributed by atoms with Crippen molar-refractivity contribution in [2.45, 2.75) is 33.5 Å². The topological polar surface area (TPSA) is 62.4 Å². The first kappa shape index (κ1) is 20.5. The van der Waals surface area contributed by atoms with Gasteiger partial charge in [0.05, 0.1) is 17.7 Å². The van der Waals surface area contributed by atoms with Crippen molar-refractivity contribution in [2.75, 3.05) is 13.7 Å². The standard InChI is InChI=1S/C19H21F3N2O3/c1-5-27-18(26)15-11(2)16(23-12(15)3)17(25)24(4)10-13-6-8-14(9-7-13)19(20,21)22/h6-9,23H,5,10H2,1-4H3. The number of hydrogen-bond acceptors (Lipinski definition) is 3. The Bertz CT molecular complexity index is 839. The van der Waals surface area contributed by atoms with Crippen LogP contribution in [0.15, 0.2) is 24.3 Å². The number of rotatable bonds is 5. The smallest absolute Gasteiger partial charge is 0.416 e.